The number of piperazine rings is 1. The van der Waals surface area contributed by atoms with Crippen LogP contribution < -0.4 is 9.80 Å². The third-order valence-corrected chi connectivity index (χ3v) is 5.31. The maximum absolute atomic E-state index is 13.3. The molecule has 2 saturated heterocycles. The van der Waals surface area contributed by atoms with Crippen molar-refractivity contribution in [3.63, 3.8) is 0 Å². The van der Waals surface area contributed by atoms with Crippen molar-refractivity contribution in [1.29, 1.82) is 0 Å². The molecule has 2 aromatic heterocycles. The van der Waals surface area contributed by atoms with Crippen LogP contribution in [0.3, 0.4) is 0 Å². The van der Waals surface area contributed by atoms with Crippen LogP contribution in [0.2, 0.25) is 0 Å². The lowest BCUT2D eigenvalue weighted by Crippen LogP contribution is -2.49. The summed E-state index contributed by atoms with van der Waals surface area (Å²) in [4.78, 5) is 31.9. The maximum Gasteiger partial charge on any atom is 0.255 e. The Hall–Kier alpha value is -2.77. The number of nitrogens with zero attached hydrogens (tertiary/aromatic N) is 6. The summed E-state index contributed by atoms with van der Waals surface area (Å²) in [5, 5.41) is 0. The molecule has 4 heterocycles. The fourth-order valence-corrected chi connectivity index (χ4v) is 3.78. The van der Waals surface area contributed by atoms with Gasteiger partial charge < -0.3 is 14.7 Å². The Kier molecular flexibility index (Phi) is 5.36. The number of rotatable bonds is 3. The summed E-state index contributed by atoms with van der Waals surface area (Å²) in [7, 11) is 0. The highest BCUT2D eigenvalue weighted by Gasteiger charge is 2.25. The number of aryl methyl sites for hydroxylation is 1. The molecule has 2 aliphatic heterocycles. The van der Waals surface area contributed by atoms with Crippen LogP contribution in [-0.4, -0.2) is 65.0 Å². The van der Waals surface area contributed by atoms with Crippen LogP contribution in [0.5, 0.6) is 0 Å². The first-order valence-electron chi connectivity index (χ1n) is 9.85. The average Bonchev–Trinajstić information content (AvgIpc) is 2.73. The van der Waals surface area contributed by atoms with E-state index in [-0.39, 0.29) is 11.5 Å². The summed E-state index contributed by atoms with van der Waals surface area (Å²) in [6, 6.07) is 3.28. The Bertz CT molecular complexity index is 846. The van der Waals surface area contributed by atoms with Gasteiger partial charge in [-0.2, -0.15) is 4.98 Å². The molecule has 0 aliphatic carbocycles. The van der Waals surface area contributed by atoms with Crippen LogP contribution in [-0.2, 0) is 0 Å². The first kappa shape index (κ1) is 18.6. The van der Waals surface area contributed by atoms with Gasteiger partial charge in [-0.05, 0) is 32.3 Å². The van der Waals surface area contributed by atoms with Crippen LogP contribution in [0.15, 0.2) is 24.5 Å². The number of pyridine rings is 1. The molecule has 7 nitrogen and oxygen atoms in total. The van der Waals surface area contributed by atoms with E-state index >= 15 is 0 Å². The number of halogens is 1. The minimum atomic E-state index is -0.497. The molecule has 0 atom stereocenters. The summed E-state index contributed by atoms with van der Waals surface area (Å²) < 4.78 is 13.3. The number of carbonyl (C=O) groups excluding carboxylic acids is 1. The van der Waals surface area contributed by atoms with Crippen molar-refractivity contribution in [3.8, 4) is 0 Å². The minimum absolute atomic E-state index is 0.189. The van der Waals surface area contributed by atoms with Crippen LogP contribution in [0.25, 0.3) is 0 Å². The van der Waals surface area contributed by atoms with Gasteiger partial charge in [0.2, 0.25) is 5.95 Å². The molecule has 28 heavy (non-hydrogen) atoms. The predicted molar refractivity (Wildman–Crippen MR) is 105 cm³/mol. The Balaban J connectivity index is 1.43. The summed E-state index contributed by atoms with van der Waals surface area (Å²) in [5.41, 5.74) is 1.24. The highest BCUT2D eigenvalue weighted by molar-refractivity contribution is 5.94. The second-order valence-electron chi connectivity index (χ2n) is 7.39. The average molecular weight is 384 g/mol. The Labute approximate surface area is 164 Å². The molecule has 0 unspecified atom stereocenters. The lowest BCUT2D eigenvalue weighted by Gasteiger charge is -2.35. The highest BCUT2D eigenvalue weighted by atomic mass is 19.1. The number of hydrogen-bond donors (Lipinski definition) is 0. The van der Waals surface area contributed by atoms with Gasteiger partial charge in [-0.15, -0.1) is 0 Å². The fourth-order valence-electron chi connectivity index (χ4n) is 3.78. The Morgan fingerprint density at radius 1 is 0.929 bits per heavy atom. The number of carbonyl (C=O) groups is 1. The van der Waals surface area contributed by atoms with Gasteiger partial charge in [-0.3, -0.25) is 9.78 Å². The molecule has 8 heteroatoms. The van der Waals surface area contributed by atoms with E-state index in [0.29, 0.717) is 26.2 Å². The SMILES string of the molecule is Cc1cc(N2CCCCC2)nc(N2CCN(C(=O)c3cncc(F)c3)CC2)n1. The van der Waals surface area contributed by atoms with Crippen molar-refractivity contribution in [2.45, 2.75) is 26.2 Å². The first-order valence-corrected chi connectivity index (χ1v) is 9.85. The molecule has 2 aromatic rings. The van der Waals surface area contributed by atoms with Crippen LogP contribution in [0.4, 0.5) is 16.2 Å². The number of hydrogen-bond acceptors (Lipinski definition) is 6. The van der Waals surface area contributed by atoms with E-state index < -0.39 is 5.82 Å². The second-order valence-corrected chi connectivity index (χ2v) is 7.39. The summed E-state index contributed by atoms with van der Waals surface area (Å²) in [6.07, 6.45) is 6.20. The molecule has 2 aliphatic rings. The molecule has 0 bridgehead atoms. The van der Waals surface area contributed by atoms with Gasteiger partial charge in [0.15, 0.2) is 0 Å². The third kappa shape index (κ3) is 4.05. The van der Waals surface area contributed by atoms with Crippen molar-refractivity contribution < 1.29 is 9.18 Å². The monoisotopic (exact) mass is 384 g/mol. The van der Waals surface area contributed by atoms with E-state index in [1.165, 1.54) is 31.5 Å². The zero-order valence-electron chi connectivity index (χ0n) is 16.1. The predicted octanol–water partition coefficient (Wildman–Crippen LogP) is 2.27. The van der Waals surface area contributed by atoms with Gasteiger partial charge in [0.05, 0.1) is 11.8 Å². The normalized spacial score (nSPS) is 17.7. The molecule has 0 aromatic carbocycles. The molecule has 1 amide bonds. The molecule has 0 radical (unpaired) electrons. The van der Waals surface area contributed by atoms with E-state index in [1.807, 2.05) is 13.0 Å². The molecule has 0 N–H and O–H groups in total. The Morgan fingerprint density at radius 3 is 2.39 bits per heavy atom. The molecule has 0 spiro atoms. The van der Waals surface area contributed by atoms with Gasteiger partial charge in [0.25, 0.3) is 5.91 Å². The van der Waals surface area contributed by atoms with Crippen molar-refractivity contribution in [2.75, 3.05) is 49.1 Å². The van der Waals surface area contributed by atoms with Gasteiger partial charge in [-0.1, -0.05) is 0 Å². The van der Waals surface area contributed by atoms with E-state index in [1.54, 1.807) is 4.90 Å². The van der Waals surface area contributed by atoms with Gasteiger partial charge >= 0.3 is 0 Å². The highest BCUT2D eigenvalue weighted by Crippen LogP contribution is 2.22. The van der Waals surface area contributed by atoms with Gasteiger partial charge in [0, 0.05) is 57.2 Å². The first-order chi connectivity index (χ1) is 13.6. The topological polar surface area (TPSA) is 65.5 Å². The van der Waals surface area contributed by atoms with Crippen molar-refractivity contribution in [3.05, 3.63) is 41.6 Å². The standard InChI is InChI=1S/C20H25FN6O/c1-15-11-18(25-5-3-2-4-6-25)24-20(23-15)27-9-7-26(8-10-27)19(28)16-12-17(21)14-22-13-16/h11-14H,2-10H2,1H3. The lowest BCUT2D eigenvalue weighted by atomic mass is 10.1. The maximum atomic E-state index is 13.3. The number of aromatic nitrogens is 3. The molecule has 148 valence electrons. The molecule has 4 rings (SSSR count). The van der Waals surface area contributed by atoms with Gasteiger partial charge in [-0.25, -0.2) is 9.37 Å². The number of amides is 1. The van der Waals surface area contributed by atoms with Crippen LogP contribution in [0.1, 0.15) is 35.3 Å². The zero-order valence-corrected chi connectivity index (χ0v) is 16.1. The molecule has 0 saturated carbocycles. The zero-order chi connectivity index (χ0) is 19.5. The smallest absolute Gasteiger partial charge is 0.255 e. The van der Waals surface area contributed by atoms with Gasteiger partial charge in [0.1, 0.15) is 11.6 Å². The van der Waals surface area contributed by atoms with Crippen molar-refractivity contribution >= 4 is 17.7 Å². The Morgan fingerprint density at radius 2 is 1.68 bits per heavy atom. The van der Waals surface area contributed by atoms with E-state index in [4.69, 9.17) is 4.98 Å². The lowest BCUT2D eigenvalue weighted by molar-refractivity contribution is 0.0745. The summed E-state index contributed by atoms with van der Waals surface area (Å²) in [5.74, 6) is 1.03. The van der Waals surface area contributed by atoms with Crippen molar-refractivity contribution in [2.24, 2.45) is 0 Å². The fraction of sp³-hybridized carbons (Fsp3) is 0.500. The van der Waals surface area contributed by atoms with E-state index in [0.717, 1.165) is 36.7 Å². The largest absolute Gasteiger partial charge is 0.356 e. The summed E-state index contributed by atoms with van der Waals surface area (Å²) in [6.45, 7) is 6.47. The number of piperidine rings is 1. The minimum Gasteiger partial charge on any atom is -0.356 e. The molecular formula is C20H25FN6O. The van der Waals surface area contributed by atoms with Crippen LogP contribution in [0, 0.1) is 12.7 Å². The van der Waals surface area contributed by atoms with E-state index in [9.17, 15) is 9.18 Å². The van der Waals surface area contributed by atoms with Crippen molar-refractivity contribution in [1.82, 2.24) is 19.9 Å². The van der Waals surface area contributed by atoms with Crippen LogP contribution >= 0.6 is 0 Å². The quantitative estimate of drug-likeness (QED) is 0.809. The number of anilines is 2. The summed E-state index contributed by atoms with van der Waals surface area (Å²) >= 11 is 0. The molecule has 2 fully saturated rings. The van der Waals surface area contributed by atoms with E-state index in [2.05, 4.69) is 19.8 Å². The third-order valence-electron chi connectivity index (χ3n) is 5.31. The molecular weight excluding hydrogens is 359 g/mol. The second kappa shape index (κ2) is 8.08.